The summed E-state index contributed by atoms with van der Waals surface area (Å²) in [6.07, 6.45) is 1.44. The maximum absolute atomic E-state index is 13.6. The number of benzene rings is 1. The van der Waals surface area contributed by atoms with E-state index in [9.17, 15) is 9.18 Å². The molecule has 2 aromatic rings. The predicted molar refractivity (Wildman–Crippen MR) is 67.8 cm³/mol. The second kappa shape index (κ2) is 4.83. The molecular weight excluding hydrogens is 233 g/mol. The van der Waals surface area contributed by atoms with Crippen molar-refractivity contribution < 1.29 is 9.18 Å². The average Bonchev–Trinajstić information content (AvgIpc) is 2.37. The number of anilines is 2. The molecule has 0 aliphatic heterocycles. The monoisotopic (exact) mass is 245 g/mol. The molecule has 0 saturated heterocycles. The quantitative estimate of drug-likeness (QED) is 0.881. The van der Waals surface area contributed by atoms with Gasteiger partial charge in [-0.25, -0.2) is 9.37 Å². The normalized spacial score (nSPS) is 10.1. The van der Waals surface area contributed by atoms with Crippen LogP contribution in [0.25, 0.3) is 0 Å². The van der Waals surface area contributed by atoms with Crippen molar-refractivity contribution in [3.8, 4) is 0 Å². The molecule has 1 heterocycles. The summed E-state index contributed by atoms with van der Waals surface area (Å²) in [4.78, 5) is 17.2. The third kappa shape index (κ3) is 2.29. The van der Waals surface area contributed by atoms with Crippen molar-refractivity contribution >= 4 is 17.4 Å². The van der Waals surface area contributed by atoms with Crippen molar-refractivity contribution in [2.75, 3.05) is 17.7 Å². The molecule has 5 heteroatoms. The van der Waals surface area contributed by atoms with Crippen LogP contribution in [0.1, 0.15) is 10.4 Å². The summed E-state index contributed by atoms with van der Waals surface area (Å²) < 4.78 is 13.6. The number of nitrogens with zero attached hydrogens (tertiary/aromatic N) is 2. The molecule has 92 valence electrons. The van der Waals surface area contributed by atoms with Gasteiger partial charge < -0.3 is 10.6 Å². The van der Waals surface area contributed by atoms with Gasteiger partial charge in [0.15, 0.2) is 0 Å². The van der Waals surface area contributed by atoms with Crippen LogP contribution < -0.4 is 10.6 Å². The molecule has 2 rings (SSSR count). The second-order valence-corrected chi connectivity index (χ2v) is 3.78. The van der Waals surface area contributed by atoms with Crippen LogP contribution in [0.5, 0.6) is 0 Å². The number of pyridine rings is 1. The van der Waals surface area contributed by atoms with E-state index in [4.69, 9.17) is 5.73 Å². The fourth-order valence-corrected chi connectivity index (χ4v) is 1.61. The zero-order valence-electron chi connectivity index (χ0n) is 9.80. The third-order valence-electron chi connectivity index (χ3n) is 2.55. The van der Waals surface area contributed by atoms with Crippen LogP contribution in [0.4, 0.5) is 15.9 Å². The predicted octanol–water partition coefficient (Wildman–Crippen LogP) is 2.08. The number of rotatable bonds is 2. The highest BCUT2D eigenvalue weighted by Crippen LogP contribution is 2.19. The lowest BCUT2D eigenvalue weighted by Crippen LogP contribution is -2.27. The van der Waals surface area contributed by atoms with E-state index >= 15 is 0 Å². The minimum atomic E-state index is -0.449. The first-order valence-electron chi connectivity index (χ1n) is 5.33. The Kier molecular flexibility index (Phi) is 3.23. The maximum atomic E-state index is 13.6. The number of aromatic nitrogens is 1. The van der Waals surface area contributed by atoms with E-state index in [-0.39, 0.29) is 17.4 Å². The van der Waals surface area contributed by atoms with Crippen LogP contribution in [0.15, 0.2) is 42.6 Å². The number of carbonyl (C=O) groups is 1. The summed E-state index contributed by atoms with van der Waals surface area (Å²) in [5.74, 6) is -0.535. The fourth-order valence-electron chi connectivity index (χ4n) is 1.61. The molecule has 4 nitrogen and oxygen atoms in total. The molecule has 2 N–H and O–H groups in total. The zero-order chi connectivity index (χ0) is 13.1. The van der Waals surface area contributed by atoms with Gasteiger partial charge in [-0.15, -0.1) is 0 Å². The summed E-state index contributed by atoms with van der Waals surface area (Å²) in [5.41, 5.74) is 6.10. The zero-order valence-corrected chi connectivity index (χ0v) is 9.80. The Morgan fingerprint density at radius 3 is 2.72 bits per heavy atom. The van der Waals surface area contributed by atoms with Gasteiger partial charge >= 0.3 is 0 Å². The van der Waals surface area contributed by atoms with Crippen LogP contribution in [0, 0.1) is 5.82 Å². The summed E-state index contributed by atoms with van der Waals surface area (Å²) in [6, 6.07) is 9.08. The maximum Gasteiger partial charge on any atom is 0.258 e. The number of nitrogen functional groups attached to an aromatic ring is 1. The number of carbonyl (C=O) groups excluding carboxylic acids is 1. The number of hydrogen-bond acceptors (Lipinski definition) is 3. The lowest BCUT2D eigenvalue weighted by atomic mass is 10.2. The topological polar surface area (TPSA) is 59.2 Å². The van der Waals surface area contributed by atoms with E-state index in [1.54, 1.807) is 12.1 Å². The van der Waals surface area contributed by atoms with Gasteiger partial charge in [0.05, 0.1) is 5.69 Å². The average molecular weight is 245 g/mol. The summed E-state index contributed by atoms with van der Waals surface area (Å²) in [5, 5.41) is 0. The Morgan fingerprint density at radius 1 is 1.33 bits per heavy atom. The Balaban J connectivity index is 2.32. The summed E-state index contributed by atoms with van der Waals surface area (Å²) >= 11 is 0. The molecule has 0 saturated carbocycles. The van der Waals surface area contributed by atoms with Gasteiger partial charge in [-0.05, 0) is 24.3 Å². The van der Waals surface area contributed by atoms with Gasteiger partial charge in [-0.3, -0.25) is 4.79 Å². The van der Waals surface area contributed by atoms with E-state index in [2.05, 4.69) is 4.98 Å². The SMILES string of the molecule is CN(C(=O)c1ccnc(N)c1)c1ccccc1F. The Hall–Kier alpha value is -2.43. The molecule has 1 aromatic carbocycles. The van der Waals surface area contributed by atoms with E-state index < -0.39 is 5.82 Å². The van der Waals surface area contributed by atoms with Crippen molar-refractivity contribution in [2.45, 2.75) is 0 Å². The fraction of sp³-hybridized carbons (Fsp3) is 0.0769. The molecular formula is C13H12FN3O. The highest BCUT2D eigenvalue weighted by Gasteiger charge is 2.16. The first-order chi connectivity index (χ1) is 8.59. The second-order valence-electron chi connectivity index (χ2n) is 3.78. The number of para-hydroxylation sites is 1. The highest BCUT2D eigenvalue weighted by atomic mass is 19.1. The molecule has 18 heavy (non-hydrogen) atoms. The highest BCUT2D eigenvalue weighted by molar-refractivity contribution is 6.06. The van der Waals surface area contributed by atoms with Crippen molar-refractivity contribution in [1.29, 1.82) is 0 Å². The molecule has 0 bridgehead atoms. The molecule has 0 radical (unpaired) electrons. The summed E-state index contributed by atoms with van der Waals surface area (Å²) in [7, 11) is 1.51. The first-order valence-corrected chi connectivity index (χ1v) is 5.33. The number of hydrogen-bond donors (Lipinski definition) is 1. The van der Waals surface area contributed by atoms with Crippen molar-refractivity contribution in [3.63, 3.8) is 0 Å². The Labute approximate surface area is 104 Å². The largest absolute Gasteiger partial charge is 0.384 e. The molecule has 0 unspecified atom stereocenters. The van der Waals surface area contributed by atoms with Crippen LogP contribution in [-0.2, 0) is 0 Å². The van der Waals surface area contributed by atoms with Gasteiger partial charge in [-0.2, -0.15) is 0 Å². The van der Waals surface area contributed by atoms with Gasteiger partial charge in [-0.1, -0.05) is 12.1 Å². The molecule has 1 aromatic heterocycles. The van der Waals surface area contributed by atoms with E-state index in [0.717, 1.165) is 0 Å². The van der Waals surface area contributed by atoms with E-state index in [1.165, 1.54) is 42.4 Å². The molecule has 0 aliphatic rings. The summed E-state index contributed by atoms with van der Waals surface area (Å²) in [6.45, 7) is 0. The van der Waals surface area contributed by atoms with Gasteiger partial charge in [0.25, 0.3) is 5.91 Å². The standard InChI is InChI=1S/C13H12FN3O/c1-17(11-5-3-2-4-10(11)14)13(18)9-6-7-16-12(15)8-9/h2-8H,1H3,(H2,15,16). The third-order valence-corrected chi connectivity index (χ3v) is 2.55. The Morgan fingerprint density at radius 2 is 2.06 bits per heavy atom. The number of halogens is 1. The smallest absolute Gasteiger partial charge is 0.258 e. The van der Waals surface area contributed by atoms with Crippen LogP contribution >= 0.6 is 0 Å². The van der Waals surface area contributed by atoms with Gasteiger partial charge in [0, 0.05) is 18.8 Å². The molecule has 1 amide bonds. The Bertz CT molecular complexity index is 586. The van der Waals surface area contributed by atoms with E-state index in [0.29, 0.717) is 5.56 Å². The minimum absolute atomic E-state index is 0.220. The van der Waals surface area contributed by atoms with Gasteiger partial charge in [0.2, 0.25) is 0 Å². The number of nitrogens with two attached hydrogens (primary N) is 1. The first kappa shape index (κ1) is 12.0. The molecule has 0 aliphatic carbocycles. The lowest BCUT2D eigenvalue weighted by molar-refractivity contribution is 0.0992. The lowest BCUT2D eigenvalue weighted by Gasteiger charge is -2.17. The van der Waals surface area contributed by atoms with Crippen LogP contribution in [0.3, 0.4) is 0 Å². The van der Waals surface area contributed by atoms with Crippen molar-refractivity contribution in [3.05, 3.63) is 54.0 Å². The van der Waals surface area contributed by atoms with E-state index in [1.807, 2.05) is 0 Å². The van der Waals surface area contributed by atoms with Crippen LogP contribution in [-0.4, -0.2) is 17.9 Å². The molecule has 0 fully saturated rings. The number of amides is 1. The van der Waals surface area contributed by atoms with Gasteiger partial charge in [0.1, 0.15) is 11.6 Å². The van der Waals surface area contributed by atoms with Crippen molar-refractivity contribution in [2.24, 2.45) is 0 Å². The van der Waals surface area contributed by atoms with Crippen molar-refractivity contribution in [1.82, 2.24) is 4.98 Å². The minimum Gasteiger partial charge on any atom is -0.384 e. The van der Waals surface area contributed by atoms with Crippen LogP contribution in [0.2, 0.25) is 0 Å². The molecule has 0 atom stereocenters. The molecule has 0 spiro atoms.